The van der Waals surface area contributed by atoms with E-state index in [0.29, 0.717) is 0 Å². The van der Waals surface area contributed by atoms with Gasteiger partial charge in [-0.3, -0.25) is 0 Å². The van der Waals surface area contributed by atoms with Crippen LogP contribution in [0.2, 0.25) is 0 Å². The number of hydrogen-bond acceptors (Lipinski definition) is 0. The second-order valence-electron chi connectivity index (χ2n) is 0.471. The van der Waals surface area contributed by atoms with Crippen LogP contribution in [-0.4, -0.2) is 0 Å². The van der Waals surface area contributed by atoms with Gasteiger partial charge in [0.25, 0.3) is 0 Å². The molecule has 0 N–H and O–H groups in total. The van der Waals surface area contributed by atoms with Gasteiger partial charge in [0.2, 0.25) is 0 Å². The van der Waals surface area contributed by atoms with E-state index in [1.165, 1.54) is 0 Å². The highest BCUT2D eigenvalue weighted by atomic mass is 13.4. The summed E-state index contributed by atoms with van der Waals surface area (Å²) in [6.45, 7) is 24.7. The highest BCUT2D eigenvalue weighted by molar-refractivity contribution is 4.88. The maximum absolute atomic E-state index is 3.36. The normalized spacial score (nSPS) is 3.50. The van der Waals surface area contributed by atoms with Gasteiger partial charge >= 0.3 is 0 Å². The first-order valence-corrected chi connectivity index (χ1v) is 4.65. The van der Waals surface area contributed by atoms with Crippen molar-refractivity contribution in [2.45, 2.75) is 41.5 Å². The van der Waals surface area contributed by atoms with Gasteiger partial charge in [-0.2, -0.15) is 0 Å². The second kappa shape index (κ2) is 584. The molecule has 0 unspecified atom stereocenters. The summed E-state index contributed by atoms with van der Waals surface area (Å²) < 4.78 is 0. The van der Waals surface area contributed by atoms with Gasteiger partial charge in [-0.1, -0.05) is 66.9 Å². The highest BCUT2D eigenvalue weighted by Gasteiger charge is 1.29. The molecule has 0 bridgehead atoms. The third kappa shape index (κ3) is 12900. The molecule has 0 heterocycles. The molecule has 0 saturated heterocycles. The van der Waals surface area contributed by atoms with Crippen molar-refractivity contribution in [2.24, 2.45) is 0 Å². The second-order valence-corrected chi connectivity index (χ2v) is 0.471. The zero-order valence-electron chi connectivity index (χ0n) is 9.98. The summed E-state index contributed by atoms with van der Waals surface area (Å²) in [5.41, 5.74) is 0. The van der Waals surface area contributed by atoms with Gasteiger partial charge in [0.05, 0.1) is 0 Å². The molecule has 0 rings (SSSR count). The lowest BCUT2D eigenvalue weighted by Crippen LogP contribution is -1.21. The van der Waals surface area contributed by atoms with Crippen LogP contribution in [0, 0.1) is 0 Å². The lowest BCUT2D eigenvalue weighted by molar-refractivity contribution is 1.50. The van der Waals surface area contributed by atoms with Gasteiger partial charge in [-0.05, 0) is 0 Å². The lowest BCUT2D eigenvalue weighted by atomic mass is 10.6. The average molecular weight is 172 g/mol. The molecule has 12 heavy (non-hydrogen) atoms. The molecule has 0 aliphatic rings. The van der Waals surface area contributed by atoms with Crippen LogP contribution in [0.1, 0.15) is 41.5 Å². The van der Waals surface area contributed by atoms with Crippen molar-refractivity contribution in [1.82, 2.24) is 0 Å². The van der Waals surface area contributed by atoms with E-state index in [1.54, 1.807) is 12.2 Å². The van der Waals surface area contributed by atoms with Crippen LogP contribution >= 0.6 is 0 Å². The largest absolute Gasteiger partial charge is 0.106 e. The van der Waals surface area contributed by atoms with Crippen LogP contribution < -0.4 is 0 Å². The maximum atomic E-state index is 3.36. The van der Waals surface area contributed by atoms with Crippen molar-refractivity contribution < 1.29 is 0 Å². The third-order valence-corrected chi connectivity index (χ3v) is 0.167. The van der Waals surface area contributed by atoms with Crippen LogP contribution in [0.5, 0.6) is 0 Å². The molecule has 0 nitrogen and oxygen atoms in total. The monoisotopic (exact) mass is 172 g/mol. The van der Waals surface area contributed by atoms with Gasteiger partial charge in [-0.15, -0.1) is 13.2 Å². The van der Waals surface area contributed by atoms with Crippen molar-refractivity contribution in [3.05, 3.63) is 38.5 Å². The molecule has 0 aromatic rings. The van der Waals surface area contributed by atoms with Crippen LogP contribution in [0.15, 0.2) is 38.5 Å². The van der Waals surface area contributed by atoms with Crippen LogP contribution in [-0.2, 0) is 0 Å². The van der Waals surface area contributed by atoms with Crippen molar-refractivity contribution in [3.63, 3.8) is 0 Å². The molecule has 0 atom stereocenters. The summed E-state index contributed by atoms with van der Waals surface area (Å²) in [6, 6.07) is 0. The maximum Gasteiger partial charge on any atom is -0.0683 e. The third-order valence-electron chi connectivity index (χ3n) is 0.167. The van der Waals surface area contributed by atoms with Crippen molar-refractivity contribution in [3.8, 4) is 0 Å². The van der Waals surface area contributed by atoms with Crippen molar-refractivity contribution in [1.29, 1.82) is 0 Å². The molecule has 76 valence electrons. The summed E-state index contributed by atoms with van der Waals surface area (Å²) in [7, 11) is 0. The first kappa shape index (κ1) is 30.3. The van der Waals surface area contributed by atoms with E-state index in [0.717, 1.165) is 0 Å². The predicted molar refractivity (Wildman–Crippen MR) is 65.7 cm³/mol. The molecule has 0 aromatic carbocycles. The standard InChI is InChI=1S/C4H6.3C2H6.C2H4/c1-3-4-2;4*1-2/h3-4H,1-2H2;3*1-2H3;1-2H2. The molecule has 0 fully saturated rings. The average Bonchev–Trinajstić information content (AvgIpc) is 2.29. The fourth-order valence-corrected chi connectivity index (χ4v) is 0. The Kier molecular flexibility index (Phi) is 1470. The van der Waals surface area contributed by atoms with Gasteiger partial charge < -0.3 is 0 Å². The topological polar surface area (TPSA) is 0 Å². The van der Waals surface area contributed by atoms with E-state index in [1.807, 2.05) is 41.5 Å². The quantitative estimate of drug-likeness (QED) is 0.375. The molecule has 0 radical (unpaired) electrons. The highest BCUT2D eigenvalue weighted by Crippen LogP contribution is 1.52. The summed E-state index contributed by atoms with van der Waals surface area (Å²) in [4.78, 5) is 0. The van der Waals surface area contributed by atoms with Gasteiger partial charge in [0.15, 0.2) is 0 Å². The van der Waals surface area contributed by atoms with E-state index >= 15 is 0 Å². The molecule has 0 amide bonds. The lowest BCUT2D eigenvalue weighted by Gasteiger charge is -1.44. The fourth-order valence-electron chi connectivity index (χ4n) is 0. The molecule has 0 aliphatic carbocycles. The van der Waals surface area contributed by atoms with E-state index in [2.05, 4.69) is 26.3 Å². The Morgan fingerprint density at radius 1 is 0.583 bits per heavy atom. The van der Waals surface area contributed by atoms with Crippen LogP contribution in [0.25, 0.3) is 0 Å². The minimum atomic E-state index is 1.64. The molecular formula is C12H28. The Bertz CT molecular complexity index is 29.3. The smallest absolute Gasteiger partial charge is 0.0683 e. The number of allylic oxidation sites excluding steroid dienone is 2. The first-order chi connectivity index (χ1) is 5.91. The molecule has 0 aromatic heterocycles. The zero-order chi connectivity index (χ0) is 11.4. The SMILES string of the molecule is C=C.C=CC=C.CC.CC.CC. The molecule has 0 saturated carbocycles. The number of rotatable bonds is 1. The summed E-state index contributed by atoms with van der Waals surface area (Å²) in [5, 5.41) is 0. The van der Waals surface area contributed by atoms with E-state index in [4.69, 9.17) is 0 Å². The summed E-state index contributed by atoms with van der Waals surface area (Å²) >= 11 is 0. The first-order valence-electron chi connectivity index (χ1n) is 4.65. The Balaban J connectivity index is -0.0000000181. The van der Waals surface area contributed by atoms with Crippen LogP contribution in [0.4, 0.5) is 0 Å². The summed E-state index contributed by atoms with van der Waals surface area (Å²) in [6.07, 6.45) is 3.28. The Labute approximate surface area is 80.7 Å². The molecule has 0 aliphatic heterocycles. The van der Waals surface area contributed by atoms with Crippen molar-refractivity contribution >= 4 is 0 Å². The Morgan fingerprint density at radius 3 is 0.667 bits per heavy atom. The van der Waals surface area contributed by atoms with E-state index < -0.39 is 0 Å². The summed E-state index contributed by atoms with van der Waals surface area (Å²) in [5.74, 6) is 0. The number of hydrogen-bond donors (Lipinski definition) is 0. The predicted octanol–water partition coefficient (Wildman–Crippen LogP) is 5.24. The Hall–Kier alpha value is -0.780. The zero-order valence-corrected chi connectivity index (χ0v) is 9.98. The molecule has 0 heteroatoms. The minimum Gasteiger partial charge on any atom is -0.106 e. The van der Waals surface area contributed by atoms with Gasteiger partial charge in [0, 0.05) is 0 Å². The Morgan fingerprint density at radius 2 is 0.667 bits per heavy atom. The van der Waals surface area contributed by atoms with Crippen LogP contribution in [0.3, 0.4) is 0 Å². The van der Waals surface area contributed by atoms with Gasteiger partial charge in [-0.25, -0.2) is 0 Å². The fraction of sp³-hybridized carbons (Fsp3) is 0.500. The van der Waals surface area contributed by atoms with Crippen molar-refractivity contribution in [2.75, 3.05) is 0 Å². The minimum absolute atomic E-state index is 1.64. The van der Waals surface area contributed by atoms with Gasteiger partial charge in [0.1, 0.15) is 0 Å². The van der Waals surface area contributed by atoms with E-state index in [-0.39, 0.29) is 0 Å². The molecular weight excluding hydrogens is 144 g/mol. The van der Waals surface area contributed by atoms with E-state index in [9.17, 15) is 0 Å². The molecule has 0 spiro atoms.